The Morgan fingerprint density at radius 3 is 2.50 bits per heavy atom. The van der Waals surface area contributed by atoms with Gasteiger partial charge in [0.1, 0.15) is 11.6 Å². The van der Waals surface area contributed by atoms with Crippen LogP contribution in [0.5, 0.6) is 0 Å². The molecule has 1 aliphatic heterocycles. The van der Waals surface area contributed by atoms with E-state index in [0.29, 0.717) is 5.92 Å². The van der Waals surface area contributed by atoms with Crippen LogP contribution in [0.15, 0.2) is 24.5 Å². The molecule has 1 aliphatic rings. The molecular weight excluding hydrogens is 276 g/mol. The Hall–Kier alpha value is -1.95. The van der Waals surface area contributed by atoms with E-state index in [0.717, 1.165) is 44.4 Å². The van der Waals surface area contributed by atoms with E-state index >= 15 is 0 Å². The summed E-state index contributed by atoms with van der Waals surface area (Å²) in [5.41, 5.74) is 1.26. The maximum absolute atomic E-state index is 4.69. The lowest BCUT2D eigenvalue weighted by molar-refractivity contribution is 0.243. The van der Waals surface area contributed by atoms with E-state index in [4.69, 9.17) is 4.98 Å². The molecule has 0 saturated carbocycles. The number of hydrogen-bond donors (Lipinski definition) is 0. The van der Waals surface area contributed by atoms with E-state index in [1.54, 1.807) is 0 Å². The van der Waals surface area contributed by atoms with Crippen LogP contribution in [-0.4, -0.2) is 50.8 Å². The summed E-state index contributed by atoms with van der Waals surface area (Å²) in [4.78, 5) is 13.9. The molecule has 0 atom stereocenters. The molecule has 22 heavy (non-hydrogen) atoms. The Kier molecular flexibility index (Phi) is 4.38. The lowest BCUT2D eigenvalue weighted by Gasteiger charge is -2.35. The van der Waals surface area contributed by atoms with Gasteiger partial charge in [-0.25, -0.2) is 9.97 Å². The fourth-order valence-electron chi connectivity index (χ4n) is 2.74. The Labute approximate surface area is 131 Å². The van der Waals surface area contributed by atoms with Gasteiger partial charge in [-0.1, -0.05) is 13.8 Å². The van der Waals surface area contributed by atoms with Crippen LogP contribution in [0.1, 0.15) is 31.3 Å². The van der Waals surface area contributed by atoms with Crippen molar-refractivity contribution in [2.45, 2.75) is 26.3 Å². The number of nitrogens with zero attached hydrogens (tertiary/aromatic N) is 6. The van der Waals surface area contributed by atoms with Crippen molar-refractivity contribution in [1.29, 1.82) is 0 Å². The first kappa shape index (κ1) is 15.0. The molecule has 0 aromatic carbocycles. The van der Waals surface area contributed by atoms with E-state index in [9.17, 15) is 0 Å². The van der Waals surface area contributed by atoms with E-state index in [1.165, 1.54) is 5.69 Å². The minimum absolute atomic E-state index is 0.367. The highest BCUT2D eigenvalue weighted by Crippen LogP contribution is 2.17. The summed E-state index contributed by atoms with van der Waals surface area (Å²) >= 11 is 0. The zero-order valence-electron chi connectivity index (χ0n) is 13.6. The van der Waals surface area contributed by atoms with Crippen LogP contribution in [0.3, 0.4) is 0 Å². The average molecular weight is 300 g/mol. The third-order valence-electron chi connectivity index (χ3n) is 4.18. The van der Waals surface area contributed by atoms with Gasteiger partial charge in [-0.15, -0.1) is 0 Å². The van der Waals surface area contributed by atoms with E-state index in [2.05, 4.69) is 39.8 Å². The van der Waals surface area contributed by atoms with Crippen LogP contribution in [0.2, 0.25) is 0 Å². The lowest BCUT2D eigenvalue weighted by Crippen LogP contribution is -2.46. The number of rotatable bonds is 4. The summed E-state index contributed by atoms with van der Waals surface area (Å²) in [6, 6.07) is 4.11. The van der Waals surface area contributed by atoms with Gasteiger partial charge < -0.3 is 4.90 Å². The third kappa shape index (κ3) is 3.27. The number of anilines is 1. The van der Waals surface area contributed by atoms with Crippen molar-refractivity contribution in [1.82, 2.24) is 24.6 Å². The Balaban J connectivity index is 1.60. The quantitative estimate of drug-likeness (QED) is 0.859. The van der Waals surface area contributed by atoms with Crippen LogP contribution in [0, 0.1) is 0 Å². The SMILES string of the molecule is CC(C)c1nccc(N2CCN(Cc3ccnn3C)CC2)n1. The van der Waals surface area contributed by atoms with E-state index in [-0.39, 0.29) is 0 Å². The topological polar surface area (TPSA) is 50.1 Å². The van der Waals surface area contributed by atoms with Crippen LogP contribution < -0.4 is 4.90 Å². The zero-order valence-corrected chi connectivity index (χ0v) is 13.6. The molecule has 0 unspecified atom stereocenters. The smallest absolute Gasteiger partial charge is 0.133 e. The molecule has 6 nitrogen and oxygen atoms in total. The maximum atomic E-state index is 4.69. The van der Waals surface area contributed by atoms with Crippen LogP contribution in [-0.2, 0) is 13.6 Å². The minimum Gasteiger partial charge on any atom is -0.354 e. The third-order valence-corrected chi connectivity index (χ3v) is 4.18. The molecule has 1 saturated heterocycles. The largest absolute Gasteiger partial charge is 0.354 e. The molecule has 6 heteroatoms. The molecule has 0 spiro atoms. The van der Waals surface area contributed by atoms with Gasteiger partial charge >= 0.3 is 0 Å². The Morgan fingerprint density at radius 2 is 1.86 bits per heavy atom. The van der Waals surface area contributed by atoms with Gasteiger partial charge in [-0.2, -0.15) is 5.10 Å². The number of aryl methyl sites for hydroxylation is 1. The molecule has 0 amide bonds. The molecule has 0 aliphatic carbocycles. The minimum atomic E-state index is 0.367. The Morgan fingerprint density at radius 1 is 1.09 bits per heavy atom. The molecule has 118 valence electrons. The fourth-order valence-corrected chi connectivity index (χ4v) is 2.74. The van der Waals surface area contributed by atoms with Gasteiger partial charge in [0.05, 0.1) is 5.69 Å². The van der Waals surface area contributed by atoms with Crippen LogP contribution >= 0.6 is 0 Å². The second-order valence-electron chi connectivity index (χ2n) is 6.14. The average Bonchev–Trinajstić information content (AvgIpc) is 2.93. The highest BCUT2D eigenvalue weighted by atomic mass is 15.3. The van der Waals surface area contributed by atoms with Crippen molar-refractivity contribution in [3.8, 4) is 0 Å². The van der Waals surface area contributed by atoms with Crippen molar-refractivity contribution in [3.05, 3.63) is 36.0 Å². The van der Waals surface area contributed by atoms with Crippen LogP contribution in [0.4, 0.5) is 5.82 Å². The summed E-state index contributed by atoms with van der Waals surface area (Å²) in [6.07, 6.45) is 3.74. The predicted molar refractivity (Wildman–Crippen MR) is 86.8 cm³/mol. The lowest BCUT2D eigenvalue weighted by atomic mass is 10.2. The summed E-state index contributed by atoms with van der Waals surface area (Å²) in [7, 11) is 2.00. The summed E-state index contributed by atoms with van der Waals surface area (Å²) in [5, 5.41) is 4.23. The summed E-state index contributed by atoms with van der Waals surface area (Å²) < 4.78 is 1.95. The molecule has 3 heterocycles. The molecule has 2 aromatic heterocycles. The van der Waals surface area contributed by atoms with Gasteiger partial charge in [-0.3, -0.25) is 9.58 Å². The molecule has 0 bridgehead atoms. The summed E-state index contributed by atoms with van der Waals surface area (Å²) in [5.74, 6) is 2.35. The van der Waals surface area contributed by atoms with Crippen molar-refractivity contribution < 1.29 is 0 Å². The predicted octanol–water partition coefficient (Wildman–Crippen LogP) is 1.66. The van der Waals surface area contributed by atoms with E-state index in [1.807, 2.05) is 30.2 Å². The van der Waals surface area contributed by atoms with Gasteiger partial charge in [0, 0.05) is 58.1 Å². The number of hydrogen-bond acceptors (Lipinski definition) is 5. The van der Waals surface area contributed by atoms with Crippen molar-refractivity contribution >= 4 is 5.82 Å². The van der Waals surface area contributed by atoms with E-state index < -0.39 is 0 Å². The zero-order chi connectivity index (χ0) is 15.5. The first-order valence-electron chi connectivity index (χ1n) is 7.90. The van der Waals surface area contributed by atoms with Gasteiger partial charge in [0.25, 0.3) is 0 Å². The number of piperazine rings is 1. The first-order chi connectivity index (χ1) is 10.6. The fraction of sp³-hybridized carbons (Fsp3) is 0.562. The summed E-state index contributed by atoms with van der Waals surface area (Å²) in [6.45, 7) is 9.33. The Bertz CT molecular complexity index is 613. The van der Waals surface area contributed by atoms with Crippen molar-refractivity contribution in [2.75, 3.05) is 31.1 Å². The second kappa shape index (κ2) is 6.44. The first-order valence-corrected chi connectivity index (χ1v) is 7.90. The van der Waals surface area contributed by atoms with Gasteiger partial charge in [0.15, 0.2) is 0 Å². The normalized spacial score (nSPS) is 16.5. The molecule has 0 N–H and O–H groups in total. The molecule has 3 rings (SSSR count). The standard InChI is InChI=1S/C16H24N6/c1-13(2)16-17-6-5-15(19-16)22-10-8-21(9-11-22)12-14-4-7-18-20(14)3/h4-7,13H,8-12H2,1-3H3. The van der Waals surface area contributed by atoms with Gasteiger partial charge in [0.2, 0.25) is 0 Å². The molecule has 0 radical (unpaired) electrons. The second-order valence-corrected chi connectivity index (χ2v) is 6.14. The number of aromatic nitrogens is 4. The monoisotopic (exact) mass is 300 g/mol. The maximum Gasteiger partial charge on any atom is 0.133 e. The van der Waals surface area contributed by atoms with Crippen LogP contribution in [0.25, 0.3) is 0 Å². The molecule has 2 aromatic rings. The molecule has 1 fully saturated rings. The van der Waals surface area contributed by atoms with Crippen molar-refractivity contribution in [3.63, 3.8) is 0 Å². The molecular formula is C16H24N6. The highest BCUT2D eigenvalue weighted by molar-refractivity contribution is 5.38. The van der Waals surface area contributed by atoms with Crippen molar-refractivity contribution in [2.24, 2.45) is 7.05 Å². The van der Waals surface area contributed by atoms with Gasteiger partial charge in [-0.05, 0) is 12.1 Å². The highest BCUT2D eigenvalue weighted by Gasteiger charge is 2.19.